The number of aliphatic hydroxyl groups is 1. The Labute approximate surface area is 69.2 Å². The molecule has 0 bridgehead atoms. The molecule has 0 radical (unpaired) electrons. The molecule has 0 rings (SSSR count). The predicted octanol–water partition coefficient (Wildman–Crippen LogP) is 1.96. The first-order valence-electron chi connectivity index (χ1n) is 3.96. The van der Waals surface area contributed by atoms with E-state index >= 15 is 0 Å². The van der Waals surface area contributed by atoms with Crippen molar-refractivity contribution in [3.05, 3.63) is 0 Å². The second-order valence-corrected chi connectivity index (χ2v) is 3.35. The number of aliphatic hydroxyl groups excluding tert-OH is 1. The Balaban J connectivity index is 3.41. The van der Waals surface area contributed by atoms with Crippen LogP contribution in [0.15, 0.2) is 0 Å². The summed E-state index contributed by atoms with van der Waals surface area (Å²) in [4.78, 5) is 0. The van der Waals surface area contributed by atoms with Crippen molar-refractivity contribution in [2.45, 2.75) is 26.7 Å². The molecule has 0 aliphatic rings. The molecular formula is C8H18OS. The molecule has 1 N–H and O–H groups in total. The number of rotatable bonds is 5. The van der Waals surface area contributed by atoms with E-state index in [-0.39, 0.29) is 6.61 Å². The van der Waals surface area contributed by atoms with E-state index < -0.39 is 0 Å². The van der Waals surface area contributed by atoms with Crippen molar-refractivity contribution in [1.82, 2.24) is 0 Å². The third kappa shape index (κ3) is 4.18. The monoisotopic (exact) mass is 162 g/mol. The summed E-state index contributed by atoms with van der Waals surface area (Å²) in [6.07, 6.45) is 2.31. The van der Waals surface area contributed by atoms with Crippen LogP contribution in [0.5, 0.6) is 0 Å². The Morgan fingerprint density at radius 3 is 2.40 bits per heavy atom. The van der Waals surface area contributed by atoms with Gasteiger partial charge in [-0.3, -0.25) is 0 Å². The third-order valence-corrected chi connectivity index (χ3v) is 2.47. The van der Waals surface area contributed by atoms with Gasteiger partial charge in [0.05, 0.1) is 0 Å². The van der Waals surface area contributed by atoms with Crippen molar-refractivity contribution in [3.63, 3.8) is 0 Å². The lowest BCUT2D eigenvalue weighted by Gasteiger charge is -2.14. The molecule has 2 atom stereocenters. The molecule has 0 amide bonds. The van der Waals surface area contributed by atoms with Crippen molar-refractivity contribution < 1.29 is 5.11 Å². The molecule has 0 aliphatic carbocycles. The van der Waals surface area contributed by atoms with Crippen molar-refractivity contribution >= 4 is 12.6 Å². The normalized spacial score (nSPS) is 16.8. The highest BCUT2D eigenvalue weighted by Crippen LogP contribution is 2.15. The van der Waals surface area contributed by atoms with Gasteiger partial charge in [0.2, 0.25) is 0 Å². The van der Waals surface area contributed by atoms with Crippen LogP contribution in [0.25, 0.3) is 0 Å². The van der Waals surface area contributed by atoms with Crippen molar-refractivity contribution in [2.75, 3.05) is 12.4 Å². The molecule has 0 fully saturated rings. The topological polar surface area (TPSA) is 20.2 Å². The maximum absolute atomic E-state index is 8.82. The Morgan fingerprint density at radius 1 is 1.50 bits per heavy atom. The highest BCUT2D eigenvalue weighted by atomic mass is 32.1. The zero-order valence-electron chi connectivity index (χ0n) is 6.88. The fraction of sp³-hybridized carbons (Fsp3) is 1.00. The smallest absolute Gasteiger partial charge is 0.0467 e. The molecule has 2 heteroatoms. The molecule has 0 aliphatic heterocycles. The van der Waals surface area contributed by atoms with Gasteiger partial charge < -0.3 is 5.11 Å². The molecule has 0 heterocycles. The standard InChI is InChI=1S/C8H18OS/c1-3-7(2)4-8(5-9)6-10/h7-10H,3-6H2,1-2H3. The average Bonchev–Trinajstić information content (AvgIpc) is 1.99. The zero-order chi connectivity index (χ0) is 7.98. The van der Waals surface area contributed by atoms with E-state index in [0.29, 0.717) is 5.92 Å². The molecule has 0 saturated carbocycles. The number of hydrogen-bond acceptors (Lipinski definition) is 2. The van der Waals surface area contributed by atoms with E-state index in [1.165, 1.54) is 6.42 Å². The van der Waals surface area contributed by atoms with E-state index in [1.807, 2.05) is 0 Å². The van der Waals surface area contributed by atoms with Gasteiger partial charge in [-0.1, -0.05) is 20.3 Å². The Bertz CT molecular complexity index is 71.7. The van der Waals surface area contributed by atoms with Crippen molar-refractivity contribution in [3.8, 4) is 0 Å². The third-order valence-electron chi connectivity index (χ3n) is 1.95. The lowest BCUT2D eigenvalue weighted by atomic mass is 9.96. The van der Waals surface area contributed by atoms with E-state index in [1.54, 1.807) is 0 Å². The fourth-order valence-electron chi connectivity index (χ4n) is 0.943. The summed E-state index contributed by atoms with van der Waals surface area (Å²) in [6, 6.07) is 0. The quantitative estimate of drug-likeness (QED) is 0.592. The number of hydrogen-bond donors (Lipinski definition) is 2. The van der Waals surface area contributed by atoms with Crippen LogP contribution in [-0.2, 0) is 0 Å². The van der Waals surface area contributed by atoms with Gasteiger partial charge in [0.25, 0.3) is 0 Å². The lowest BCUT2D eigenvalue weighted by Crippen LogP contribution is -2.11. The van der Waals surface area contributed by atoms with E-state index in [9.17, 15) is 0 Å². The number of thiol groups is 1. The van der Waals surface area contributed by atoms with Gasteiger partial charge in [0.15, 0.2) is 0 Å². The first-order chi connectivity index (χ1) is 4.74. The Morgan fingerprint density at radius 2 is 2.10 bits per heavy atom. The summed E-state index contributed by atoms with van der Waals surface area (Å²) in [6.45, 7) is 4.68. The van der Waals surface area contributed by atoms with Gasteiger partial charge >= 0.3 is 0 Å². The minimum absolute atomic E-state index is 0.286. The average molecular weight is 162 g/mol. The molecule has 10 heavy (non-hydrogen) atoms. The summed E-state index contributed by atoms with van der Waals surface area (Å²) < 4.78 is 0. The first kappa shape index (κ1) is 10.3. The largest absolute Gasteiger partial charge is 0.396 e. The summed E-state index contributed by atoms with van der Waals surface area (Å²) >= 11 is 4.15. The molecule has 0 saturated heterocycles. The molecule has 1 nitrogen and oxygen atoms in total. The van der Waals surface area contributed by atoms with Gasteiger partial charge in [-0.05, 0) is 24.0 Å². The first-order valence-corrected chi connectivity index (χ1v) is 4.59. The van der Waals surface area contributed by atoms with Crippen LogP contribution in [0.4, 0.5) is 0 Å². The van der Waals surface area contributed by atoms with E-state index in [2.05, 4.69) is 26.5 Å². The van der Waals surface area contributed by atoms with Crippen LogP contribution >= 0.6 is 12.6 Å². The molecule has 0 aromatic carbocycles. The van der Waals surface area contributed by atoms with Crippen molar-refractivity contribution in [2.24, 2.45) is 11.8 Å². The maximum atomic E-state index is 8.82. The van der Waals surface area contributed by atoms with Gasteiger partial charge in [-0.25, -0.2) is 0 Å². The minimum atomic E-state index is 0.286. The Kier molecular flexibility index (Phi) is 6.24. The van der Waals surface area contributed by atoms with Gasteiger partial charge in [0, 0.05) is 6.61 Å². The highest BCUT2D eigenvalue weighted by Gasteiger charge is 2.08. The molecule has 0 aromatic rings. The van der Waals surface area contributed by atoms with Gasteiger partial charge in [0.1, 0.15) is 0 Å². The predicted molar refractivity (Wildman–Crippen MR) is 48.5 cm³/mol. The highest BCUT2D eigenvalue weighted by molar-refractivity contribution is 7.80. The van der Waals surface area contributed by atoms with Crippen LogP contribution in [0.3, 0.4) is 0 Å². The van der Waals surface area contributed by atoms with Gasteiger partial charge in [-0.15, -0.1) is 0 Å². The molecule has 2 unspecified atom stereocenters. The summed E-state index contributed by atoms with van der Waals surface area (Å²) in [5.41, 5.74) is 0. The SMILES string of the molecule is CCC(C)CC(CO)CS. The molecule has 62 valence electrons. The second-order valence-electron chi connectivity index (χ2n) is 2.98. The summed E-state index contributed by atoms with van der Waals surface area (Å²) in [5.74, 6) is 1.93. The fourth-order valence-corrected chi connectivity index (χ4v) is 1.21. The lowest BCUT2D eigenvalue weighted by molar-refractivity contribution is 0.217. The summed E-state index contributed by atoms with van der Waals surface area (Å²) in [5, 5.41) is 8.82. The van der Waals surface area contributed by atoms with Crippen LogP contribution in [0.2, 0.25) is 0 Å². The Hall–Kier alpha value is 0.310. The maximum Gasteiger partial charge on any atom is 0.0467 e. The zero-order valence-corrected chi connectivity index (χ0v) is 7.77. The van der Waals surface area contributed by atoms with Crippen molar-refractivity contribution in [1.29, 1.82) is 0 Å². The summed E-state index contributed by atoms with van der Waals surface area (Å²) in [7, 11) is 0. The molecule has 0 aromatic heterocycles. The van der Waals surface area contributed by atoms with Crippen LogP contribution < -0.4 is 0 Å². The van der Waals surface area contributed by atoms with Crippen LogP contribution in [0, 0.1) is 11.8 Å². The van der Waals surface area contributed by atoms with Crippen LogP contribution in [0.1, 0.15) is 26.7 Å². The second kappa shape index (κ2) is 6.05. The van der Waals surface area contributed by atoms with E-state index in [4.69, 9.17) is 5.11 Å². The molecular weight excluding hydrogens is 144 g/mol. The van der Waals surface area contributed by atoms with E-state index in [0.717, 1.165) is 18.1 Å². The van der Waals surface area contributed by atoms with Crippen LogP contribution in [-0.4, -0.2) is 17.5 Å². The minimum Gasteiger partial charge on any atom is -0.396 e. The van der Waals surface area contributed by atoms with Gasteiger partial charge in [-0.2, -0.15) is 12.6 Å². The molecule has 0 spiro atoms.